The Morgan fingerprint density at radius 2 is 2.18 bits per heavy atom. The summed E-state index contributed by atoms with van der Waals surface area (Å²) in [5.41, 5.74) is 4.24. The molecule has 0 spiro atoms. The van der Waals surface area contributed by atoms with Gasteiger partial charge in [-0.25, -0.2) is 0 Å². The molecule has 0 saturated heterocycles. The Kier molecular flexibility index (Phi) is 1.48. The average Bonchev–Trinajstić information content (AvgIpc) is 2.58. The van der Waals surface area contributed by atoms with Crippen molar-refractivity contribution < 1.29 is 0 Å². The topological polar surface area (TPSA) is 28.2 Å². The normalized spacial score (nSPS) is 15.1. The third-order valence-corrected chi connectivity index (χ3v) is 1.61. The number of pyridine rings is 1. The Hall–Kier alpha value is -1.51. The van der Waals surface area contributed by atoms with Crippen LogP contribution in [0.4, 0.5) is 5.69 Å². The van der Waals surface area contributed by atoms with E-state index in [-0.39, 0.29) is 0 Å². The molecule has 1 N–H and O–H groups in total. The van der Waals surface area contributed by atoms with Gasteiger partial charge in [0.05, 0.1) is 12.2 Å². The van der Waals surface area contributed by atoms with Gasteiger partial charge < -0.3 is 5.43 Å². The molecule has 1 aromatic rings. The van der Waals surface area contributed by atoms with E-state index in [1.54, 1.807) is 12.4 Å². The van der Waals surface area contributed by atoms with Crippen molar-refractivity contribution in [3.8, 4) is 0 Å². The van der Waals surface area contributed by atoms with Gasteiger partial charge in [0.15, 0.2) is 0 Å². The van der Waals surface area contributed by atoms with Crippen LogP contribution in [0.25, 0.3) is 0 Å². The summed E-state index contributed by atoms with van der Waals surface area (Å²) in [4.78, 5) is 3.94. The fraction of sp³-hybridized carbons (Fsp3) is 0.125. The SMILES string of the molecule is C1=CNN(c2ccncc2)C1. The Morgan fingerprint density at radius 1 is 1.36 bits per heavy atom. The molecule has 0 aliphatic carbocycles. The smallest absolute Gasteiger partial charge is 0.0606 e. The highest BCUT2D eigenvalue weighted by Gasteiger charge is 2.04. The lowest BCUT2D eigenvalue weighted by Gasteiger charge is -2.17. The minimum Gasteiger partial charge on any atom is -0.306 e. The van der Waals surface area contributed by atoms with Crippen LogP contribution in [0.2, 0.25) is 0 Å². The third-order valence-electron chi connectivity index (χ3n) is 1.61. The van der Waals surface area contributed by atoms with Crippen molar-refractivity contribution in [3.05, 3.63) is 36.8 Å². The number of nitrogens with zero attached hydrogens (tertiary/aromatic N) is 2. The van der Waals surface area contributed by atoms with Crippen molar-refractivity contribution >= 4 is 5.69 Å². The molecule has 56 valence electrons. The summed E-state index contributed by atoms with van der Waals surface area (Å²) >= 11 is 0. The second-order valence-electron chi connectivity index (χ2n) is 2.35. The Bertz CT molecular complexity index is 247. The van der Waals surface area contributed by atoms with Crippen LogP contribution >= 0.6 is 0 Å². The fourth-order valence-electron chi connectivity index (χ4n) is 1.06. The molecule has 0 unspecified atom stereocenters. The van der Waals surface area contributed by atoms with Gasteiger partial charge in [-0.1, -0.05) is 0 Å². The molecule has 0 atom stereocenters. The van der Waals surface area contributed by atoms with E-state index in [0.717, 1.165) is 12.2 Å². The van der Waals surface area contributed by atoms with E-state index in [4.69, 9.17) is 0 Å². The van der Waals surface area contributed by atoms with E-state index < -0.39 is 0 Å². The maximum Gasteiger partial charge on any atom is 0.0606 e. The summed E-state index contributed by atoms with van der Waals surface area (Å²) in [6.45, 7) is 0.921. The van der Waals surface area contributed by atoms with Crippen LogP contribution in [0.5, 0.6) is 0 Å². The first-order chi connectivity index (χ1) is 5.47. The molecular weight excluding hydrogens is 138 g/mol. The number of anilines is 1. The standard InChI is InChI=1S/C8H9N3/c1-4-10-11(7-1)8-2-5-9-6-3-8/h1-6,10H,7H2. The Labute approximate surface area is 65.3 Å². The first-order valence-corrected chi connectivity index (χ1v) is 3.55. The van der Waals surface area contributed by atoms with Crippen molar-refractivity contribution in [1.82, 2.24) is 10.4 Å². The number of hydrazine groups is 1. The summed E-state index contributed by atoms with van der Waals surface area (Å²) in [5, 5.41) is 2.04. The Balaban J connectivity index is 2.17. The average molecular weight is 147 g/mol. The van der Waals surface area contributed by atoms with Gasteiger partial charge >= 0.3 is 0 Å². The minimum atomic E-state index is 0.921. The zero-order chi connectivity index (χ0) is 7.52. The molecular formula is C8H9N3. The van der Waals surface area contributed by atoms with Crippen LogP contribution in [0.15, 0.2) is 36.8 Å². The van der Waals surface area contributed by atoms with E-state index in [2.05, 4.69) is 16.5 Å². The number of hydrogen-bond donors (Lipinski definition) is 1. The van der Waals surface area contributed by atoms with Crippen LogP contribution < -0.4 is 10.4 Å². The molecule has 0 bridgehead atoms. The van der Waals surface area contributed by atoms with Gasteiger partial charge in [-0.15, -0.1) is 0 Å². The maximum atomic E-state index is 3.94. The highest BCUT2D eigenvalue weighted by Crippen LogP contribution is 2.10. The van der Waals surface area contributed by atoms with Crippen LogP contribution in [-0.2, 0) is 0 Å². The number of rotatable bonds is 1. The van der Waals surface area contributed by atoms with Crippen LogP contribution in [0, 0.1) is 0 Å². The summed E-state index contributed by atoms with van der Waals surface area (Å²) in [6.07, 6.45) is 7.57. The molecule has 1 aliphatic rings. The molecule has 0 saturated carbocycles. The van der Waals surface area contributed by atoms with Crippen molar-refractivity contribution in [2.75, 3.05) is 11.6 Å². The van der Waals surface area contributed by atoms with Crippen LogP contribution in [-0.4, -0.2) is 11.5 Å². The second kappa shape index (κ2) is 2.62. The van der Waals surface area contributed by atoms with Crippen molar-refractivity contribution in [1.29, 1.82) is 0 Å². The van der Waals surface area contributed by atoms with E-state index in [0.29, 0.717) is 0 Å². The van der Waals surface area contributed by atoms with E-state index in [9.17, 15) is 0 Å². The van der Waals surface area contributed by atoms with Crippen molar-refractivity contribution in [2.45, 2.75) is 0 Å². The first-order valence-electron chi connectivity index (χ1n) is 3.55. The zero-order valence-corrected chi connectivity index (χ0v) is 6.07. The second-order valence-corrected chi connectivity index (χ2v) is 2.35. The summed E-state index contributed by atoms with van der Waals surface area (Å²) in [5.74, 6) is 0. The number of aromatic nitrogens is 1. The quantitative estimate of drug-likeness (QED) is 0.640. The van der Waals surface area contributed by atoms with Crippen LogP contribution in [0.1, 0.15) is 0 Å². The van der Waals surface area contributed by atoms with Crippen molar-refractivity contribution in [3.63, 3.8) is 0 Å². The van der Waals surface area contributed by atoms with Gasteiger partial charge in [-0.2, -0.15) is 0 Å². The van der Waals surface area contributed by atoms with Gasteiger partial charge in [0, 0.05) is 18.6 Å². The molecule has 1 aromatic heterocycles. The molecule has 1 aliphatic heterocycles. The summed E-state index contributed by atoms with van der Waals surface area (Å²) < 4.78 is 0. The molecule has 3 nitrogen and oxygen atoms in total. The first kappa shape index (κ1) is 6.22. The molecule has 11 heavy (non-hydrogen) atoms. The van der Waals surface area contributed by atoms with Gasteiger partial charge in [0.2, 0.25) is 0 Å². The van der Waals surface area contributed by atoms with E-state index >= 15 is 0 Å². The lowest BCUT2D eigenvalue weighted by atomic mass is 10.4. The van der Waals surface area contributed by atoms with Gasteiger partial charge in [-0.05, 0) is 18.2 Å². The predicted molar refractivity (Wildman–Crippen MR) is 43.9 cm³/mol. The monoisotopic (exact) mass is 147 g/mol. The van der Waals surface area contributed by atoms with E-state index in [1.807, 2.05) is 23.3 Å². The predicted octanol–water partition coefficient (Wildman–Crippen LogP) is 0.920. The van der Waals surface area contributed by atoms with Crippen LogP contribution in [0.3, 0.4) is 0 Å². The van der Waals surface area contributed by atoms with E-state index in [1.165, 1.54) is 0 Å². The highest BCUT2D eigenvalue weighted by molar-refractivity contribution is 5.45. The molecule has 0 aromatic carbocycles. The fourth-order valence-corrected chi connectivity index (χ4v) is 1.06. The van der Waals surface area contributed by atoms with Gasteiger partial charge in [-0.3, -0.25) is 9.99 Å². The summed E-state index contributed by atoms with van der Waals surface area (Å²) in [6, 6.07) is 3.94. The third kappa shape index (κ3) is 1.17. The van der Waals surface area contributed by atoms with Gasteiger partial charge in [0.1, 0.15) is 0 Å². The van der Waals surface area contributed by atoms with Gasteiger partial charge in [0.25, 0.3) is 0 Å². The highest BCUT2D eigenvalue weighted by atomic mass is 15.5. The molecule has 2 heterocycles. The molecule has 2 rings (SSSR count). The lowest BCUT2D eigenvalue weighted by Crippen LogP contribution is -2.29. The molecule has 0 radical (unpaired) electrons. The number of nitrogens with one attached hydrogen (secondary N) is 1. The zero-order valence-electron chi connectivity index (χ0n) is 6.07. The lowest BCUT2D eigenvalue weighted by molar-refractivity contribution is 0.839. The Morgan fingerprint density at radius 3 is 2.82 bits per heavy atom. The molecule has 0 fully saturated rings. The largest absolute Gasteiger partial charge is 0.306 e. The molecule has 3 heteroatoms. The maximum absolute atomic E-state index is 3.94. The summed E-state index contributed by atoms with van der Waals surface area (Å²) in [7, 11) is 0. The number of hydrogen-bond acceptors (Lipinski definition) is 3. The minimum absolute atomic E-state index is 0.921. The molecule has 0 amide bonds. The van der Waals surface area contributed by atoms with Crippen molar-refractivity contribution in [2.24, 2.45) is 0 Å².